The van der Waals surface area contributed by atoms with Crippen molar-refractivity contribution in [2.24, 2.45) is 5.41 Å². The number of aromatic nitrogens is 3. The monoisotopic (exact) mass is 259 g/mol. The van der Waals surface area contributed by atoms with E-state index in [-0.39, 0.29) is 16.7 Å². The minimum atomic E-state index is 0.0434. The zero-order valence-electron chi connectivity index (χ0n) is 11.7. The summed E-state index contributed by atoms with van der Waals surface area (Å²) in [4.78, 5) is 16.3. The molecule has 1 saturated carbocycles. The molecule has 1 N–H and O–H groups in total. The lowest BCUT2D eigenvalue weighted by Crippen LogP contribution is -2.49. The van der Waals surface area contributed by atoms with Crippen LogP contribution in [0.25, 0.3) is 0 Å². The van der Waals surface area contributed by atoms with Gasteiger partial charge in [-0.2, -0.15) is 0 Å². The van der Waals surface area contributed by atoms with Crippen LogP contribution in [0.15, 0.2) is 0 Å². The van der Waals surface area contributed by atoms with E-state index in [1.165, 1.54) is 18.5 Å². The van der Waals surface area contributed by atoms with Gasteiger partial charge >= 0.3 is 5.95 Å². The Bertz CT molecular complexity index is 610. The number of nitrogens with one attached hydrogen (secondary N) is 1. The molecule has 1 aliphatic heterocycles. The maximum Gasteiger partial charge on any atom is 0.418 e. The summed E-state index contributed by atoms with van der Waals surface area (Å²) in [5, 5.41) is 7.64. The molecule has 1 amide bonds. The predicted octanol–water partition coefficient (Wildman–Crippen LogP) is 1.28. The summed E-state index contributed by atoms with van der Waals surface area (Å²) in [5.41, 5.74) is 2.59. The maximum absolute atomic E-state index is 11.5. The van der Waals surface area contributed by atoms with Gasteiger partial charge in [0, 0.05) is 11.3 Å². The molecule has 2 bridgehead atoms. The van der Waals surface area contributed by atoms with E-state index in [2.05, 4.69) is 26.1 Å². The normalized spacial score (nSPS) is 33.8. The summed E-state index contributed by atoms with van der Waals surface area (Å²) in [5.74, 6) is 1.18. The van der Waals surface area contributed by atoms with E-state index in [0.29, 0.717) is 24.8 Å². The second-order valence-electron chi connectivity index (χ2n) is 6.84. The van der Waals surface area contributed by atoms with E-state index in [1.54, 1.807) is 0 Å². The van der Waals surface area contributed by atoms with Gasteiger partial charge in [-0.25, -0.2) is 5.32 Å². The van der Waals surface area contributed by atoms with Crippen molar-refractivity contribution in [3.05, 3.63) is 11.4 Å². The molecule has 0 radical (unpaired) electrons. The molecular formula is C14H19N4O+. The SMILES string of the molecule is CC1(C)[C@@H]2CC[C@@]1(C)c1nc3[n+](nc12)CCC(=O)N3. The van der Waals surface area contributed by atoms with Crippen molar-refractivity contribution in [2.75, 3.05) is 5.32 Å². The summed E-state index contributed by atoms with van der Waals surface area (Å²) < 4.78 is 1.86. The Balaban J connectivity index is 1.93. The van der Waals surface area contributed by atoms with E-state index in [1.807, 2.05) is 4.68 Å². The predicted molar refractivity (Wildman–Crippen MR) is 68.6 cm³/mol. The number of hydrogen-bond acceptors (Lipinski definition) is 3. The van der Waals surface area contributed by atoms with Crippen molar-refractivity contribution in [3.63, 3.8) is 0 Å². The van der Waals surface area contributed by atoms with E-state index in [0.717, 1.165) is 5.69 Å². The minimum absolute atomic E-state index is 0.0434. The quantitative estimate of drug-likeness (QED) is 0.714. The van der Waals surface area contributed by atoms with Gasteiger partial charge in [-0.15, -0.1) is 9.78 Å². The fraction of sp³-hybridized carbons (Fsp3) is 0.714. The van der Waals surface area contributed by atoms with Gasteiger partial charge in [0.15, 0.2) is 5.69 Å². The number of amides is 1. The van der Waals surface area contributed by atoms with E-state index in [9.17, 15) is 4.79 Å². The van der Waals surface area contributed by atoms with Gasteiger partial charge in [-0.3, -0.25) is 4.79 Å². The Kier molecular flexibility index (Phi) is 1.87. The smallest absolute Gasteiger partial charge is 0.256 e. The molecule has 2 heterocycles. The Hall–Kier alpha value is -1.52. The van der Waals surface area contributed by atoms with Gasteiger partial charge in [0.2, 0.25) is 0 Å². The summed E-state index contributed by atoms with van der Waals surface area (Å²) >= 11 is 0. The average Bonchev–Trinajstić information content (AvgIpc) is 2.68. The number of rotatable bonds is 0. The fourth-order valence-corrected chi connectivity index (χ4v) is 4.13. The Morgan fingerprint density at radius 3 is 2.95 bits per heavy atom. The number of aryl methyl sites for hydroxylation is 1. The molecule has 2 aliphatic carbocycles. The van der Waals surface area contributed by atoms with Crippen molar-refractivity contribution >= 4 is 11.9 Å². The molecule has 5 heteroatoms. The van der Waals surface area contributed by atoms with E-state index >= 15 is 0 Å². The van der Waals surface area contributed by atoms with Crippen molar-refractivity contribution in [2.45, 2.75) is 57.9 Å². The lowest BCUT2D eigenvalue weighted by molar-refractivity contribution is -0.744. The first-order chi connectivity index (χ1) is 8.93. The molecule has 0 spiro atoms. The molecule has 100 valence electrons. The number of carbonyl (C=O) groups excluding carboxylic acids is 1. The van der Waals surface area contributed by atoms with Crippen LogP contribution in [0.5, 0.6) is 0 Å². The third kappa shape index (κ3) is 1.16. The number of carbonyl (C=O) groups is 1. The first-order valence-electron chi connectivity index (χ1n) is 7.06. The topological polar surface area (TPSA) is 58.8 Å². The van der Waals surface area contributed by atoms with Gasteiger partial charge < -0.3 is 0 Å². The van der Waals surface area contributed by atoms with Gasteiger partial charge in [0.25, 0.3) is 5.91 Å². The average molecular weight is 259 g/mol. The maximum atomic E-state index is 11.5. The van der Waals surface area contributed by atoms with Gasteiger partial charge in [0.05, 0.1) is 6.42 Å². The van der Waals surface area contributed by atoms with Gasteiger partial charge in [-0.05, 0) is 18.3 Å². The van der Waals surface area contributed by atoms with E-state index in [4.69, 9.17) is 10.1 Å². The van der Waals surface area contributed by atoms with E-state index < -0.39 is 0 Å². The van der Waals surface area contributed by atoms with Crippen LogP contribution in [0.3, 0.4) is 0 Å². The molecule has 1 fully saturated rings. The minimum Gasteiger partial charge on any atom is -0.256 e. The molecule has 3 aliphatic rings. The number of fused-ring (bicyclic) bond motifs is 6. The molecule has 19 heavy (non-hydrogen) atoms. The van der Waals surface area contributed by atoms with Crippen LogP contribution in [-0.2, 0) is 16.8 Å². The second kappa shape index (κ2) is 3.14. The van der Waals surface area contributed by atoms with Gasteiger partial charge in [0.1, 0.15) is 12.2 Å². The molecular weight excluding hydrogens is 240 g/mol. The fourth-order valence-electron chi connectivity index (χ4n) is 4.13. The van der Waals surface area contributed by atoms with Crippen LogP contribution in [0.1, 0.15) is 57.3 Å². The third-order valence-electron chi connectivity index (χ3n) is 5.81. The van der Waals surface area contributed by atoms with Gasteiger partial charge in [-0.1, -0.05) is 25.8 Å². The molecule has 1 aromatic rings. The zero-order chi connectivity index (χ0) is 13.4. The van der Waals surface area contributed by atoms with Crippen molar-refractivity contribution in [1.82, 2.24) is 10.1 Å². The summed E-state index contributed by atoms with van der Waals surface area (Å²) in [7, 11) is 0. The van der Waals surface area contributed by atoms with Crippen LogP contribution in [0, 0.1) is 5.41 Å². The van der Waals surface area contributed by atoms with Crippen LogP contribution >= 0.6 is 0 Å². The molecule has 2 atom stereocenters. The summed E-state index contributed by atoms with van der Waals surface area (Å²) in [6.07, 6.45) is 2.87. The highest BCUT2D eigenvalue weighted by Crippen LogP contribution is 2.66. The Morgan fingerprint density at radius 2 is 2.16 bits per heavy atom. The van der Waals surface area contributed by atoms with Crippen LogP contribution in [-0.4, -0.2) is 16.0 Å². The molecule has 5 nitrogen and oxygen atoms in total. The Morgan fingerprint density at radius 1 is 1.37 bits per heavy atom. The lowest BCUT2D eigenvalue weighted by Gasteiger charge is -2.32. The highest BCUT2D eigenvalue weighted by atomic mass is 16.2. The lowest BCUT2D eigenvalue weighted by atomic mass is 9.70. The molecule has 4 rings (SSSR count). The van der Waals surface area contributed by atoms with Crippen molar-refractivity contribution < 1.29 is 9.48 Å². The third-order valence-corrected chi connectivity index (χ3v) is 5.81. The largest absolute Gasteiger partial charge is 0.418 e. The first kappa shape index (κ1) is 11.3. The molecule has 0 aromatic carbocycles. The van der Waals surface area contributed by atoms with Crippen LogP contribution < -0.4 is 10.00 Å². The second-order valence-corrected chi connectivity index (χ2v) is 6.84. The standard InChI is InChI=1S/C14H18N4O/c1-13(2)8-4-6-14(13,3)11-10(8)17-18-7-5-9(19)15-12(18)16-11/h8H,4-7H2,1-3H3/p+1/t8-,14+/m1/s1. The number of nitrogens with zero attached hydrogens (tertiary/aromatic N) is 3. The van der Waals surface area contributed by atoms with Crippen LogP contribution in [0.2, 0.25) is 0 Å². The Labute approximate surface area is 112 Å². The van der Waals surface area contributed by atoms with Crippen LogP contribution in [0.4, 0.5) is 5.95 Å². The molecule has 1 aromatic heterocycles. The summed E-state index contributed by atoms with van der Waals surface area (Å²) in [6, 6.07) is 0. The van der Waals surface area contributed by atoms with Crippen molar-refractivity contribution in [3.8, 4) is 0 Å². The molecule has 0 unspecified atom stereocenters. The number of anilines is 1. The number of hydrogen-bond donors (Lipinski definition) is 1. The van der Waals surface area contributed by atoms with Crippen molar-refractivity contribution in [1.29, 1.82) is 0 Å². The first-order valence-corrected chi connectivity index (χ1v) is 7.06. The highest BCUT2D eigenvalue weighted by molar-refractivity contribution is 5.88. The highest BCUT2D eigenvalue weighted by Gasteiger charge is 2.63. The summed E-state index contributed by atoms with van der Waals surface area (Å²) in [6.45, 7) is 7.60. The molecule has 0 saturated heterocycles. The zero-order valence-corrected chi connectivity index (χ0v) is 11.7.